The third-order valence-corrected chi connectivity index (χ3v) is 3.09. The van der Waals surface area contributed by atoms with Crippen molar-refractivity contribution in [1.82, 2.24) is 20.0 Å². The lowest BCUT2D eigenvalue weighted by molar-refractivity contribution is -0.119. The Morgan fingerprint density at radius 3 is 2.41 bits per heavy atom. The van der Waals surface area contributed by atoms with Crippen LogP contribution in [-0.4, -0.2) is 58.5 Å². The summed E-state index contributed by atoms with van der Waals surface area (Å²) in [6.45, 7) is 6.03. The van der Waals surface area contributed by atoms with Gasteiger partial charge in [0.1, 0.15) is 0 Å². The average molecular weight is 236 g/mol. The maximum absolute atomic E-state index is 12.3. The predicted octanol–water partition coefficient (Wildman–Crippen LogP) is -0.0593. The topological polar surface area (TPSA) is 69.3 Å². The number of carbonyl (C=O) groups is 2. The summed E-state index contributed by atoms with van der Waals surface area (Å²) in [5.74, 6) is -0.000649. The molecule has 1 saturated heterocycles. The van der Waals surface area contributed by atoms with Crippen molar-refractivity contribution in [3.05, 3.63) is 17.0 Å². The number of carbonyl (C=O) groups excluding carboxylic acids is 2. The molecule has 1 N–H and O–H groups in total. The minimum absolute atomic E-state index is 0.000649. The fourth-order valence-electron chi connectivity index (χ4n) is 2.05. The molecule has 2 amide bonds. The number of aryl methyl sites for hydroxylation is 2. The molecule has 2 heterocycles. The van der Waals surface area contributed by atoms with Gasteiger partial charge in [0.05, 0.1) is 11.3 Å². The number of nitrogens with zero attached hydrogens (tertiary/aromatic N) is 3. The minimum Gasteiger partial charge on any atom is -0.342 e. The van der Waals surface area contributed by atoms with Crippen molar-refractivity contribution in [3.63, 3.8) is 0 Å². The van der Waals surface area contributed by atoms with Gasteiger partial charge >= 0.3 is 0 Å². The second-order valence-electron chi connectivity index (χ2n) is 4.24. The second-order valence-corrected chi connectivity index (χ2v) is 4.24. The van der Waals surface area contributed by atoms with Crippen LogP contribution in [0.1, 0.15) is 21.7 Å². The van der Waals surface area contributed by atoms with E-state index in [2.05, 4.69) is 10.2 Å². The zero-order chi connectivity index (χ0) is 12.4. The van der Waals surface area contributed by atoms with Crippen molar-refractivity contribution in [2.75, 3.05) is 26.2 Å². The van der Waals surface area contributed by atoms with E-state index in [-0.39, 0.29) is 5.91 Å². The molecule has 1 fully saturated rings. The molecule has 1 aromatic rings. The normalized spacial score (nSPS) is 16.1. The van der Waals surface area contributed by atoms with Crippen molar-refractivity contribution in [2.45, 2.75) is 13.8 Å². The van der Waals surface area contributed by atoms with Crippen LogP contribution >= 0.6 is 0 Å². The molecule has 0 atom stereocenters. The maximum atomic E-state index is 12.3. The first-order valence-electron chi connectivity index (χ1n) is 5.63. The molecule has 0 spiro atoms. The van der Waals surface area contributed by atoms with Crippen molar-refractivity contribution in [2.24, 2.45) is 0 Å². The Bertz CT molecular complexity index is 413. The Morgan fingerprint density at radius 1 is 1.29 bits per heavy atom. The first-order valence-corrected chi connectivity index (χ1v) is 5.63. The molecule has 1 aliphatic heterocycles. The van der Waals surface area contributed by atoms with Gasteiger partial charge in [0.2, 0.25) is 6.41 Å². The molecule has 17 heavy (non-hydrogen) atoms. The highest BCUT2D eigenvalue weighted by molar-refractivity contribution is 5.96. The van der Waals surface area contributed by atoms with Gasteiger partial charge in [0.15, 0.2) is 0 Å². The van der Waals surface area contributed by atoms with Gasteiger partial charge in [-0.3, -0.25) is 14.7 Å². The number of piperazine rings is 1. The molecule has 0 saturated carbocycles. The average Bonchev–Trinajstić information content (AvgIpc) is 2.68. The first-order chi connectivity index (χ1) is 8.13. The van der Waals surface area contributed by atoms with Crippen LogP contribution in [0.15, 0.2) is 0 Å². The number of nitrogens with one attached hydrogen (secondary N) is 1. The Labute approximate surface area is 99.6 Å². The van der Waals surface area contributed by atoms with Crippen LogP contribution in [0.5, 0.6) is 0 Å². The zero-order valence-corrected chi connectivity index (χ0v) is 10.1. The molecule has 0 bridgehead atoms. The smallest absolute Gasteiger partial charge is 0.257 e. The van der Waals surface area contributed by atoms with Gasteiger partial charge in [-0.2, -0.15) is 5.10 Å². The molecule has 0 radical (unpaired) electrons. The van der Waals surface area contributed by atoms with Gasteiger partial charge in [-0.05, 0) is 13.8 Å². The summed E-state index contributed by atoms with van der Waals surface area (Å²) < 4.78 is 0. The number of H-pyrrole nitrogens is 1. The zero-order valence-electron chi connectivity index (χ0n) is 10.1. The summed E-state index contributed by atoms with van der Waals surface area (Å²) >= 11 is 0. The van der Waals surface area contributed by atoms with E-state index < -0.39 is 0 Å². The molecule has 2 rings (SSSR count). The van der Waals surface area contributed by atoms with Gasteiger partial charge in [0.25, 0.3) is 5.91 Å². The molecule has 0 aromatic carbocycles. The van der Waals surface area contributed by atoms with Crippen molar-refractivity contribution < 1.29 is 9.59 Å². The summed E-state index contributed by atoms with van der Waals surface area (Å²) in [5.41, 5.74) is 2.18. The van der Waals surface area contributed by atoms with E-state index in [1.165, 1.54) is 0 Å². The summed E-state index contributed by atoms with van der Waals surface area (Å²) in [6, 6.07) is 0. The maximum Gasteiger partial charge on any atom is 0.257 e. The van der Waals surface area contributed by atoms with E-state index in [0.29, 0.717) is 31.7 Å². The third kappa shape index (κ3) is 2.15. The molecule has 92 valence electrons. The van der Waals surface area contributed by atoms with Crippen molar-refractivity contribution in [1.29, 1.82) is 0 Å². The molecule has 0 aliphatic carbocycles. The summed E-state index contributed by atoms with van der Waals surface area (Å²) in [6.07, 6.45) is 0.830. The quantitative estimate of drug-likeness (QED) is 0.731. The summed E-state index contributed by atoms with van der Waals surface area (Å²) in [5, 5.41) is 6.84. The van der Waals surface area contributed by atoms with Gasteiger partial charge in [0, 0.05) is 31.9 Å². The van der Waals surface area contributed by atoms with Crippen molar-refractivity contribution >= 4 is 12.3 Å². The van der Waals surface area contributed by atoms with Crippen LogP contribution in [0.25, 0.3) is 0 Å². The van der Waals surface area contributed by atoms with Crippen LogP contribution in [-0.2, 0) is 4.79 Å². The first kappa shape index (κ1) is 11.6. The molecular formula is C11H16N4O2. The Hall–Kier alpha value is -1.85. The van der Waals surface area contributed by atoms with E-state index in [4.69, 9.17) is 0 Å². The molecule has 0 unspecified atom stereocenters. The van der Waals surface area contributed by atoms with Gasteiger partial charge < -0.3 is 9.80 Å². The highest BCUT2D eigenvalue weighted by atomic mass is 16.2. The predicted molar refractivity (Wildman–Crippen MR) is 61.6 cm³/mol. The van der Waals surface area contributed by atoms with E-state index in [9.17, 15) is 9.59 Å². The third-order valence-electron chi connectivity index (χ3n) is 3.09. The molecule has 1 aromatic heterocycles. The number of hydrogen-bond donors (Lipinski definition) is 1. The Morgan fingerprint density at radius 2 is 1.94 bits per heavy atom. The number of amides is 2. The number of hydrogen-bond acceptors (Lipinski definition) is 3. The van der Waals surface area contributed by atoms with E-state index in [0.717, 1.165) is 17.8 Å². The fourth-order valence-corrected chi connectivity index (χ4v) is 2.05. The van der Waals surface area contributed by atoms with E-state index in [1.807, 2.05) is 13.8 Å². The van der Waals surface area contributed by atoms with Gasteiger partial charge in [-0.15, -0.1) is 0 Å². The Kier molecular flexibility index (Phi) is 3.12. The highest BCUT2D eigenvalue weighted by Gasteiger charge is 2.24. The van der Waals surface area contributed by atoms with Crippen LogP contribution in [0.3, 0.4) is 0 Å². The van der Waals surface area contributed by atoms with Crippen LogP contribution in [0, 0.1) is 13.8 Å². The lowest BCUT2D eigenvalue weighted by atomic mass is 10.1. The van der Waals surface area contributed by atoms with Crippen LogP contribution in [0.2, 0.25) is 0 Å². The fraction of sp³-hybridized carbons (Fsp3) is 0.545. The van der Waals surface area contributed by atoms with Gasteiger partial charge in [-0.1, -0.05) is 0 Å². The second kappa shape index (κ2) is 4.57. The summed E-state index contributed by atoms with van der Waals surface area (Å²) in [7, 11) is 0. The number of aromatic nitrogens is 2. The minimum atomic E-state index is -0.000649. The molecule has 6 nitrogen and oxygen atoms in total. The number of rotatable bonds is 2. The summed E-state index contributed by atoms with van der Waals surface area (Å²) in [4.78, 5) is 26.3. The SMILES string of the molecule is Cc1n[nH]c(C)c1C(=O)N1CCN(C=O)CC1. The largest absolute Gasteiger partial charge is 0.342 e. The molecular weight excluding hydrogens is 220 g/mol. The van der Waals surface area contributed by atoms with E-state index in [1.54, 1.807) is 9.80 Å². The standard InChI is InChI=1S/C11H16N4O2/c1-8-10(9(2)13-12-8)11(17)15-5-3-14(7-16)4-6-15/h7H,3-6H2,1-2H3,(H,12,13). The Balaban J connectivity index is 2.09. The lowest BCUT2D eigenvalue weighted by Gasteiger charge is -2.32. The molecule has 6 heteroatoms. The molecule has 1 aliphatic rings. The van der Waals surface area contributed by atoms with Crippen LogP contribution < -0.4 is 0 Å². The highest BCUT2D eigenvalue weighted by Crippen LogP contribution is 2.14. The van der Waals surface area contributed by atoms with Gasteiger partial charge in [-0.25, -0.2) is 0 Å². The lowest BCUT2D eigenvalue weighted by Crippen LogP contribution is -2.48. The monoisotopic (exact) mass is 236 g/mol. The van der Waals surface area contributed by atoms with Crippen molar-refractivity contribution in [3.8, 4) is 0 Å². The van der Waals surface area contributed by atoms with Crippen LogP contribution in [0.4, 0.5) is 0 Å². The number of aromatic amines is 1. The van der Waals surface area contributed by atoms with E-state index >= 15 is 0 Å².